The van der Waals surface area contributed by atoms with E-state index in [9.17, 15) is 19.5 Å². The minimum atomic E-state index is -0.884. The number of carbonyl (C=O) groups excluding carboxylic acids is 3. The second kappa shape index (κ2) is 10.1. The molecule has 1 aliphatic rings. The third-order valence-electron chi connectivity index (χ3n) is 5.72. The number of hydrogen-bond acceptors (Lipinski definition) is 6. The molecule has 3 aromatic rings. The summed E-state index contributed by atoms with van der Waals surface area (Å²) in [6.45, 7) is 1.29. The van der Waals surface area contributed by atoms with E-state index in [-0.39, 0.29) is 17.8 Å². The number of amides is 1. The molecule has 1 aliphatic heterocycles. The molecule has 0 saturated carbocycles. The maximum atomic E-state index is 13.3. The summed E-state index contributed by atoms with van der Waals surface area (Å²) in [6.07, 6.45) is 0.569. The summed E-state index contributed by atoms with van der Waals surface area (Å²) in [5.74, 6) is -1.79. The predicted molar refractivity (Wildman–Crippen MR) is 129 cm³/mol. The summed E-state index contributed by atoms with van der Waals surface area (Å²) in [7, 11) is 0. The van der Waals surface area contributed by atoms with Gasteiger partial charge in [0.15, 0.2) is 11.5 Å². The fourth-order valence-electron chi connectivity index (χ4n) is 4.09. The van der Waals surface area contributed by atoms with Crippen LogP contribution in [0.1, 0.15) is 36.1 Å². The summed E-state index contributed by atoms with van der Waals surface area (Å²) in [5.41, 5.74) is 2.39. The monoisotopic (exact) mass is 466 g/mol. The molecule has 1 unspecified atom stereocenters. The highest BCUT2D eigenvalue weighted by Gasteiger charge is 2.44. The number of anilines is 1. The van der Waals surface area contributed by atoms with Crippen LogP contribution in [0, 0.1) is 11.3 Å². The Morgan fingerprint density at radius 1 is 1.00 bits per heavy atom. The smallest absolute Gasteiger partial charge is 0.308 e. The quantitative estimate of drug-likeness (QED) is 0.403. The van der Waals surface area contributed by atoms with Gasteiger partial charge in [-0.2, -0.15) is 5.26 Å². The molecule has 0 aromatic heterocycles. The van der Waals surface area contributed by atoms with Crippen molar-refractivity contribution in [2.75, 3.05) is 4.90 Å². The van der Waals surface area contributed by atoms with Crippen molar-refractivity contribution in [1.29, 1.82) is 5.26 Å². The van der Waals surface area contributed by atoms with Crippen LogP contribution in [-0.4, -0.2) is 22.8 Å². The second-order valence-corrected chi connectivity index (χ2v) is 8.07. The number of esters is 1. The number of aryl methyl sites for hydroxylation is 1. The lowest BCUT2D eigenvalue weighted by atomic mass is 9.93. The molecule has 0 radical (unpaired) electrons. The van der Waals surface area contributed by atoms with Crippen LogP contribution in [0.15, 0.2) is 90.2 Å². The molecule has 0 saturated heterocycles. The molecule has 1 atom stereocenters. The number of hydrogen-bond donors (Lipinski definition) is 1. The zero-order valence-electron chi connectivity index (χ0n) is 19.0. The molecule has 0 aliphatic carbocycles. The van der Waals surface area contributed by atoms with Crippen molar-refractivity contribution in [2.24, 2.45) is 0 Å². The van der Waals surface area contributed by atoms with E-state index >= 15 is 0 Å². The lowest BCUT2D eigenvalue weighted by Crippen LogP contribution is -2.31. The van der Waals surface area contributed by atoms with Crippen LogP contribution in [0.25, 0.3) is 0 Å². The molecule has 0 bridgehead atoms. The molecule has 0 fully saturated rings. The van der Waals surface area contributed by atoms with Crippen molar-refractivity contribution in [1.82, 2.24) is 0 Å². The number of carbonyl (C=O) groups is 3. The van der Waals surface area contributed by atoms with Crippen molar-refractivity contribution >= 4 is 23.3 Å². The summed E-state index contributed by atoms with van der Waals surface area (Å²) >= 11 is 0. The van der Waals surface area contributed by atoms with E-state index in [1.54, 1.807) is 48.5 Å². The van der Waals surface area contributed by atoms with E-state index in [1.807, 2.05) is 36.4 Å². The Balaban J connectivity index is 1.72. The van der Waals surface area contributed by atoms with E-state index in [0.717, 1.165) is 5.56 Å². The summed E-state index contributed by atoms with van der Waals surface area (Å²) in [5, 5.41) is 19.9. The number of nitriles is 1. The number of rotatable bonds is 7. The lowest BCUT2D eigenvalue weighted by molar-refractivity contribution is -0.131. The third-order valence-corrected chi connectivity index (χ3v) is 5.72. The van der Waals surface area contributed by atoms with Gasteiger partial charge in [-0.3, -0.25) is 19.3 Å². The van der Waals surface area contributed by atoms with Gasteiger partial charge in [0.25, 0.3) is 5.91 Å². The van der Waals surface area contributed by atoms with Crippen LogP contribution in [-0.2, 0) is 20.8 Å². The van der Waals surface area contributed by atoms with Crippen LogP contribution in [0.2, 0.25) is 0 Å². The van der Waals surface area contributed by atoms with Crippen LogP contribution in [0.3, 0.4) is 0 Å². The van der Waals surface area contributed by atoms with Crippen molar-refractivity contribution in [3.05, 3.63) is 107 Å². The third kappa shape index (κ3) is 4.97. The van der Waals surface area contributed by atoms with E-state index < -0.39 is 23.7 Å². The molecular formula is C28H22N2O5. The van der Waals surface area contributed by atoms with Gasteiger partial charge in [0.05, 0.1) is 23.2 Å². The highest BCUT2D eigenvalue weighted by molar-refractivity contribution is 6.16. The zero-order valence-corrected chi connectivity index (χ0v) is 19.0. The first kappa shape index (κ1) is 23.5. The van der Waals surface area contributed by atoms with Crippen LogP contribution >= 0.6 is 0 Å². The molecule has 1 N–H and O–H groups in total. The number of benzene rings is 3. The first-order valence-electron chi connectivity index (χ1n) is 11.0. The number of Topliss-reactive ketones (excluding diaryl/α,β-unsaturated/α-hetero) is 1. The zero-order chi connectivity index (χ0) is 24.9. The predicted octanol–water partition coefficient (Wildman–Crippen LogP) is 4.59. The largest absolute Gasteiger partial charge is 0.503 e. The highest BCUT2D eigenvalue weighted by atomic mass is 16.5. The Bertz CT molecular complexity index is 1340. The van der Waals surface area contributed by atoms with E-state index in [0.29, 0.717) is 29.0 Å². The van der Waals surface area contributed by atoms with Crippen LogP contribution in [0.5, 0.6) is 5.75 Å². The average molecular weight is 466 g/mol. The molecule has 1 amide bonds. The first-order valence-corrected chi connectivity index (χ1v) is 11.0. The molecule has 0 spiro atoms. The topological polar surface area (TPSA) is 108 Å². The number of aliphatic hydroxyl groups excluding tert-OH is 1. The van der Waals surface area contributed by atoms with Gasteiger partial charge in [0.2, 0.25) is 0 Å². The van der Waals surface area contributed by atoms with E-state index in [4.69, 9.17) is 10.00 Å². The van der Waals surface area contributed by atoms with Gasteiger partial charge in [0, 0.05) is 19.0 Å². The van der Waals surface area contributed by atoms with Gasteiger partial charge < -0.3 is 9.84 Å². The van der Waals surface area contributed by atoms with Crippen molar-refractivity contribution in [3.63, 3.8) is 0 Å². The first-order chi connectivity index (χ1) is 16.9. The van der Waals surface area contributed by atoms with E-state index in [2.05, 4.69) is 0 Å². The molecule has 7 nitrogen and oxygen atoms in total. The van der Waals surface area contributed by atoms with E-state index in [1.165, 1.54) is 11.8 Å². The summed E-state index contributed by atoms with van der Waals surface area (Å²) in [4.78, 5) is 39.1. The molecule has 4 rings (SSSR count). The van der Waals surface area contributed by atoms with Gasteiger partial charge in [-0.1, -0.05) is 42.5 Å². The lowest BCUT2D eigenvalue weighted by Gasteiger charge is -2.27. The van der Waals surface area contributed by atoms with Crippen molar-refractivity contribution < 1.29 is 24.2 Å². The number of ether oxygens (including phenoxy) is 1. The second-order valence-electron chi connectivity index (χ2n) is 8.07. The number of ketones is 1. The standard InChI is InChI=1S/C28H22N2O5/c1-18(31)35-23-14-10-21(11-15-23)26-25(24(32)16-9-19-5-3-2-4-6-19)27(33)28(34)30(26)22-12-7-20(17-29)8-13-22/h2-8,10-15,26,33H,9,16H2,1H3. The Labute approximate surface area is 202 Å². The fraction of sp³-hybridized carbons (Fsp3) is 0.143. The van der Waals surface area contributed by atoms with Crippen LogP contribution < -0.4 is 9.64 Å². The minimum Gasteiger partial charge on any atom is -0.503 e. The maximum absolute atomic E-state index is 13.3. The van der Waals surface area contributed by atoms with Crippen molar-refractivity contribution in [3.8, 4) is 11.8 Å². The fourth-order valence-corrected chi connectivity index (χ4v) is 4.09. The SMILES string of the molecule is CC(=O)Oc1ccc(C2C(C(=O)CCc3ccccc3)=C(O)C(=O)N2c2ccc(C#N)cc2)cc1. The van der Waals surface area contributed by atoms with Gasteiger partial charge >= 0.3 is 5.97 Å². The molecule has 1 heterocycles. The van der Waals surface area contributed by atoms with Gasteiger partial charge in [-0.25, -0.2) is 0 Å². The summed E-state index contributed by atoms with van der Waals surface area (Å²) in [6, 6.07) is 23.4. The number of aliphatic hydroxyl groups is 1. The Hall–Kier alpha value is -4.70. The minimum absolute atomic E-state index is 0.00975. The van der Waals surface area contributed by atoms with Gasteiger partial charge in [-0.15, -0.1) is 0 Å². The van der Waals surface area contributed by atoms with Gasteiger partial charge in [0.1, 0.15) is 5.75 Å². The molecule has 35 heavy (non-hydrogen) atoms. The molecule has 7 heteroatoms. The van der Waals surface area contributed by atoms with Gasteiger partial charge in [-0.05, 0) is 53.9 Å². The Morgan fingerprint density at radius 2 is 1.66 bits per heavy atom. The Morgan fingerprint density at radius 3 is 2.26 bits per heavy atom. The molecular weight excluding hydrogens is 444 g/mol. The average Bonchev–Trinajstić information content (AvgIpc) is 3.13. The molecule has 174 valence electrons. The van der Waals surface area contributed by atoms with Crippen molar-refractivity contribution in [2.45, 2.75) is 25.8 Å². The van der Waals surface area contributed by atoms with Crippen LogP contribution in [0.4, 0.5) is 5.69 Å². The highest BCUT2D eigenvalue weighted by Crippen LogP contribution is 2.41. The Kier molecular flexibility index (Phi) is 6.74. The molecule has 3 aromatic carbocycles. The summed E-state index contributed by atoms with van der Waals surface area (Å²) < 4.78 is 5.09. The normalized spacial score (nSPS) is 15.1. The maximum Gasteiger partial charge on any atom is 0.308 e. The number of nitrogens with zero attached hydrogens (tertiary/aromatic N) is 2.